The van der Waals surface area contributed by atoms with E-state index < -0.39 is 0 Å². The molecule has 0 aromatic heterocycles. The number of rotatable bonds is 5. The van der Waals surface area contributed by atoms with Gasteiger partial charge in [-0.25, -0.2) is 0 Å². The number of hydrogen-bond donors (Lipinski definition) is 1. The fourth-order valence-electron chi connectivity index (χ4n) is 2.84. The van der Waals surface area contributed by atoms with Crippen LogP contribution in [0.3, 0.4) is 0 Å². The van der Waals surface area contributed by atoms with Crippen molar-refractivity contribution in [3.63, 3.8) is 0 Å². The molecule has 5 nitrogen and oxygen atoms in total. The third kappa shape index (κ3) is 4.09. The monoisotopic (exact) mass is 416 g/mol. The maximum atomic E-state index is 13.1. The minimum absolute atomic E-state index is 0.0827. The number of aliphatic hydroxyl groups excluding tert-OH is 1. The third-order valence-corrected chi connectivity index (χ3v) is 5.77. The first-order chi connectivity index (χ1) is 13.5. The van der Waals surface area contributed by atoms with Crippen LogP contribution in [-0.4, -0.2) is 36.4 Å². The molecule has 0 bridgehead atoms. The van der Waals surface area contributed by atoms with E-state index >= 15 is 0 Å². The first-order valence-corrected chi connectivity index (χ1v) is 9.96. The van der Waals surface area contributed by atoms with Gasteiger partial charge in [0.25, 0.3) is 5.91 Å². The first kappa shape index (κ1) is 20.5. The van der Waals surface area contributed by atoms with Crippen molar-refractivity contribution in [1.82, 2.24) is 0 Å². The molecule has 1 N–H and O–H groups in total. The number of carbonyl (C=O) groups excluding carboxylic acids is 1. The maximum Gasteiger partial charge on any atom is 0.271 e. The minimum Gasteiger partial charge on any atom is -0.490 e. The highest BCUT2D eigenvalue weighted by molar-refractivity contribution is 8.19. The Morgan fingerprint density at radius 2 is 2.07 bits per heavy atom. The van der Waals surface area contributed by atoms with Crippen molar-refractivity contribution < 1.29 is 14.6 Å². The molecule has 2 aromatic carbocycles. The molecule has 0 unspecified atom stereocenters. The number of ether oxygens (including phenoxy) is 1. The van der Waals surface area contributed by atoms with E-state index in [-0.39, 0.29) is 19.1 Å². The summed E-state index contributed by atoms with van der Waals surface area (Å²) in [6.07, 6.45) is 1.80. The maximum absolute atomic E-state index is 13.1. The molecular weight excluding hydrogens is 396 g/mol. The Morgan fingerprint density at radius 3 is 2.75 bits per heavy atom. The predicted molar refractivity (Wildman–Crippen MR) is 116 cm³/mol. The van der Waals surface area contributed by atoms with Gasteiger partial charge in [-0.1, -0.05) is 29.8 Å². The molecular formula is C21H21ClN2O3S. The average molecular weight is 417 g/mol. The second-order valence-corrected chi connectivity index (χ2v) is 7.65. The van der Waals surface area contributed by atoms with Crippen molar-refractivity contribution in [2.75, 3.05) is 25.2 Å². The molecule has 0 spiro atoms. The van der Waals surface area contributed by atoms with Crippen LogP contribution in [-0.2, 0) is 4.79 Å². The summed E-state index contributed by atoms with van der Waals surface area (Å²) in [4.78, 5) is 19.6. The molecule has 0 radical (unpaired) electrons. The van der Waals surface area contributed by atoms with Crippen LogP contribution in [0.5, 0.6) is 5.75 Å². The van der Waals surface area contributed by atoms with Gasteiger partial charge in [-0.05, 0) is 66.6 Å². The highest BCUT2D eigenvalue weighted by Crippen LogP contribution is 2.38. The Kier molecular flexibility index (Phi) is 6.44. The molecule has 28 heavy (non-hydrogen) atoms. The highest BCUT2D eigenvalue weighted by atomic mass is 35.5. The zero-order chi connectivity index (χ0) is 20.3. The van der Waals surface area contributed by atoms with E-state index in [1.165, 1.54) is 11.8 Å². The third-order valence-electron chi connectivity index (χ3n) is 4.42. The van der Waals surface area contributed by atoms with E-state index in [4.69, 9.17) is 21.4 Å². The van der Waals surface area contributed by atoms with Crippen molar-refractivity contribution in [3.05, 3.63) is 63.0 Å². The van der Waals surface area contributed by atoms with E-state index in [0.29, 0.717) is 20.8 Å². The Labute approximate surface area is 173 Å². The van der Waals surface area contributed by atoms with Crippen LogP contribution in [0, 0.1) is 13.8 Å². The van der Waals surface area contributed by atoms with Crippen LogP contribution in [0.15, 0.2) is 46.3 Å². The fraction of sp³-hybridized carbons (Fsp3) is 0.238. The summed E-state index contributed by atoms with van der Waals surface area (Å²) in [5, 5.41) is 9.92. The predicted octanol–water partition coefficient (Wildman–Crippen LogP) is 4.43. The summed E-state index contributed by atoms with van der Waals surface area (Å²) in [6, 6.07) is 11.2. The summed E-state index contributed by atoms with van der Waals surface area (Å²) >= 11 is 7.58. The van der Waals surface area contributed by atoms with Gasteiger partial charge < -0.3 is 9.84 Å². The normalized spacial score (nSPS) is 17.0. The van der Waals surface area contributed by atoms with Crippen molar-refractivity contribution in [2.24, 2.45) is 4.99 Å². The molecule has 1 heterocycles. The second kappa shape index (κ2) is 8.82. The molecule has 1 amide bonds. The summed E-state index contributed by atoms with van der Waals surface area (Å²) in [7, 11) is 1.68. The number of thioether (sulfide) groups is 1. The quantitative estimate of drug-likeness (QED) is 0.732. The van der Waals surface area contributed by atoms with Gasteiger partial charge in [0.1, 0.15) is 12.4 Å². The highest BCUT2D eigenvalue weighted by Gasteiger charge is 2.35. The number of halogens is 1. The largest absolute Gasteiger partial charge is 0.490 e. The van der Waals surface area contributed by atoms with E-state index in [9.17, 15) is 4.79 Å². The number of aliphatic hydroxyl groups is 1. The van der Waals surface area contributed by atoms with Crippen LogP contribution < -0.4 is 9.64 Å². The number of carbonyl (C=O) groups is 1. The van der Waals surface area contributed by atoms with E-state index in [2.05, 4.69) is 4.99 Å². The topological polar surface area (TPSA) is 62.1 Å². The molecule has 1 aliphatic rings. The van der Waals surface area contributed by atoms with Gasteiger partial charge in [0.05, 0.1) is 22.2 Å². The van der Waals surface area contributed by atoms with Gasteiger partial charge in [-0.2, -0.15) is 0 Å². The number of amides is 1. The molecule has 1 aliphatic heterocycles. The van der Waals surface area contributed by atoms with Gasteiger partial charge in [0.15, 0.2) is 5.17 Å². The SMILES string of the molecule is C/N=C1\S/C(=C\c2ccc(OCCO)c(Cl)c2)C(=O)N1c1cccc(C)c1C. The average Bonchev–Trinajstić information content (AvgIpc) is 2.99. The Morgan fingerprint density at radius 1 is 1.29 bits per heavy atom. The number of benzene rings is 2. The van der Waals surface area contributed by atoms with Crippen LogP contribution >= 0.6 is 23.4 Å². The Bertz CT molecular complexity index is 972. The molecule has 3 rings (SSSR count). The standard InChI is InChI=1S/C21H21ClN2O3S/c1-13-5-4-6-17(14(13)2)24-20(26)19(28-21(24)23-3)12-15-7-8-18(16(22)11-15)27-10-9-25/h4-8,11-12,25H,9-10H2,1-3H3/b19-12-,23-21-. The lowest BCUT2D eigenvalue weighted by Crippen LogP contribution is -2.29. The van der Waals surface area contributed by atoms with Crippen LogP contribution in [0.1, 0.15) is 16.7 Å². The number of aryl methyl sites for hydroxylation is 1. The number of aliphatic imine (C=N–C) groups is 1. The fourth-order valence-corrected chi connectivity index (χ4v) is 4.02. The van der Waals surface area contributed by atoms with Gasteiger partial charge in [0, 0.05) is 7.05 Å². The summed E-state index contributed by atoms with van der Waals surface area (Å²) in [5.74, 6) is 0.382. The van der Waals surface area contributed by atoms with E-state index in [1.54, 1.807) is 30.2 Å². The zero-order valence-corrected chi connectivity index (χ0v) is 17.5. The Hall–Kier alpha value is -2.28. The first-order valence-electron chi connectivity index (χ1n) is 8.76. The smallest absolute Gasteiger partial charge is 0.271 e. The van der Waals surface area contributed by atoms with Gasteiger partial charge in [0.2, 0.25) is 0 Å². The molecule has 0 atom stereocenters. The van der Waals surface area contributed by atoms with Gasteiger partial charge in [-0.3, -0.25) is 14.7 Å². The van der Waals surface area contributed by atoms with E-state index in [1.807, 2.05) is 38.1 Å². The van der Waals surface area contributed by atoms with Crippen molar-refractivity contribution in [3.8, 4) is 5.75 Å². The lowest BCUT2D eigenvalue weighted by Gasteiger charge is -2.19. The van der Waals surface area contributed by atoms with Gasteiger partial charge in [-0.15, -0.1) is 0 Å². The number of nitrogens with zero attached hydrogens (tertiary/aromatic N) is 2. The lowest BCUT2D eigenvalue weighted by molar-refractivity contribution is -0.113. The van der Waals surface area contributed by atoms with Crippen LogP contribution in [0.25, 0.3) is 6.08 Å². The van der Waals surface area contributed by atoms with E-state index in [0.717, 1.165) is 22.4 Å². The molecule has 1 saturated heterocycles. The van der Waals surface area contributed by atoms with Crippen molar-refractivity contribution in [2.45, 2.75) is 13.8 Å². The molecule has 146 valence electrons. The molecule has 7 heteroatoms. The number of amidine groups is 1. The molecule has 2 aromatic rings. The van der Waals surface area contributed by atoms with Crippen LogP contribution in [0.4, 0.5) is 5.69 Å². The molecule has 1 fully saturated rings. The van der Waals surface area contributed by atoms with Crippen molar-refractivity contribution in [1.29, 1.82) is 0 Å². The number of anilines is 1. The lowest BCUT2D eigenvalue weighted by atomic mass is 10.1. The summed E-state index contributed by atoms with van der Waals surface area (Å²) in [6.45, 7) is 4.12. The number of hydrogen-bond acceptors (Lipinski definition) is 5. The minimum atomic E-state index is -0.115. The second-order valence-electron chi connectivity index (χ2n) is 6.24. The van der Waals surface area contributed by atoms with Crippen molar-refractivity contribution >= 4 is 46.2 Å². The molecule has 0 aliphatic carbocycles. The zero-order valence-electron chi connectivity index (χ0n) is 15.9. The molecule has 0 saturated carbocycles. The Balaban J connectivity index is 1.93. The summed E-state index contributed by atoms with van der Waals surface area (Å²) in [5.41, 5.74) is 3.79. The van der Waals surface area contributed by atoms with Gasteiger partial charge >= 0.3 is 0 Å². The summed E-state index contributed by atoms with van der Waals surface area (Å²) < 4.78 is 5.36. The van der Waals surface area contributed by atoms with Crippen LogP contribution in [0.2, 0.25) is 5.02 Å².